The number of aromatic nitrogens is 3. The van der Waals surface area contributed by atoms with E-state index in [1.165, 1.54) is 0 Å². The Morgan fingerprint density at radius 2 is 2.10 bits per heavy atom. The Morgan fingerprint density at radius 1 is 1.25 bits per heavy atom. The fourth-order valence-corrected chi connectivity index (χ4v) is 2.51. The summed E-state index contributed by atoms with van der Waals surface area (Å²) in [5, 5.41) is 10.3. The lowest BCUT2D eigenvalue weighted by Crippen LogP contribution is -2.28. The Morgan fingerprint density at radius 3 is 2.75 bits per heavy atom. The predicted molar refractivity (Wildman–Crippen MR) is 68.2 cm³/mol. The van der Waals surface area contributed by atoms with Gasteiger partial charge in [0.15, 0.2) is 0 Å². The molecule has 3 rings (SSSR count). The third-order valence-electron chi connectivity index (χ3n) is 3.62. The maximum absolute atomic E-state index is 12.6. The molecule has 1 fully saturated rings. The van der Waals surface area contributed by atoms with Crippen molar-refractivity contribution in [3.05, 3.63) is 29.6 Å². The molecule has 0 saturated carbocycles. The lowest BCUT2D eigenvalue weighted by molar-refractivity contribution is -0.137. The highest BCUT2D eigenvalue weighted by Crippen LogP contribution is 2.32. The van der Waals surface area contributed by atoms with Gasteiger partial charge in [0, 0.05) is 24.4 Å². The van der Waals surface area contributed by atoms with Crippen LogP contribution in [0, 0.1) is 0 Å². The number of nitrogens with one attached hydrogen (secondary N) is 3. The zero-order chi connectivity index (χ0) is 14.2. The molecule has 1 saturated heterocycles. The summed E-state index contributed by atoms with van der Waals surface area (Å²) in [5.41, 5.74) is 1.18. The lowest BCUT2D eigenvalue weighted by atomic mass is 9.96. The van der Waals surface area contributed by atoms with Crippen LogP contribution in [0.1, 0.15) is 30.0 Å². The number of hydrogen-bond acceptors (Lipinski definition) is 2. The molecule has 0 aromatic carbocycles. The van der Waals surface area contributed by atoms with Crippen LogP contribution in [-0.2, 0) is 6.18 Å². The van der Waals surface area contributed by atoms with Crippen molar-refractivity contribution in [2.24, 2.45) is 0 Å². The van der Waals surface area contributed by atoms with E-state index in [1.54, 1.807) is 0 Å². The van der Waals surface area contributed by atoms with Crippen LogP contribution in [0.5, 0.6) is 0 Å². The van der Waals surface area contributed by atoms with Gasteiger partial charge in [0.2, 0.25) is 0 Å². The van der Waals surface area contributed by atoms with E-state index >= 15 is 0 Å². The van der Waals surface area contributed by atoms with Crippen LogP contribution in [0.4, 0.5) is 13.2 Å². The summed E-state index contributed by atoms with van der Waals surface area (Å²) in [5.74, 6) is 0.349. The minimum Gasteiger partial charge on any atom is -0.359 e. The van der Waals surface area contributed by atoms with E-state index < -0.39 is 11.7 Å². The standard InChI is InChI=1S/C13H15F3N4/c14-13(15,16)9-4-11(18-7-9)12-5-10(19-20-12)8-2-1-3-17-6-8/h4-5,7-8,17-18H,1-3,6H2,(H,19,20). The summed E-state index contributed by atoms with van der Waals surface area (Å²) in [4.78, 5) is 2.63. The first kappa shape index (κ1) is 13.2. The molecule has 1 unspecified atom stereocenters. The summed E-state index contributed by atoms with van der Waals surface area (Å²) >= 11 is 0. The van der Waals surface area contributed by atoms with Crippen molar-refractivity contribution in [1.29, 1.82) is 0 Å². The van der Waals surface area contributed by atoms with Gasteiger partial charge in [-0.2, -0.15) is 18.3 Å². The number of hydrogen-bond donors (Lipinski definition) is 3. The van der Waals surface area contributed by atoms with Gasteiger partial charge in [0.05, 0.1) is 11.3 Å². The molecule has 2 aromatic rings. The summed E-state index contributed by atoms with van der Waals surface area (Å²) < 4.78 is 37.7. The van der Waals surface area contributed by atoms with E-state index in [0.717, 1.165) is 43.9 Å². The zero-order valence-corrected chi connectivity index (χ0v) is 10.7. The smallest absolute Gasteiger partial charge is 0.359 e. The van der Waals surface area contributed by atoms with Gasteiger partial charge in [0.25, 0.3) is 0 Å². The Labute approximate surface area is 113 Å². The Bertz CT molecular complexity index is 578. The van der Waals surface area contributed by atoms with Gasteiger partial charge in [-0.25, -0.2) is 0 Å². The molecule has 20 heavy (non-hydrogen) atoms. The van der Waals surface area contributed by atoms with Crippen molar-refractivity contribution < 1.29 is 13.2 Å². The van der Waals surface area contributed by atoms with Crippen LogP contribution in [-0.4, -0.2) is 28.3 Å². The molecule has 4 nitrogen and oxygen atoms in total. The molecule has 3 N–H and O–H groups in total. The molecule has 3 heterocycles. The molecule has 7 heteroatoms. The van der Waals surface area contributed by atoms with Crippen LogP contribution in [0.3, 0.4) is 0 Å². The SMILES string of the molecule is FC(F)(F)c1c[nH]c(-c2cc(C3CCCNC3)[nH]n2)c1. The number of piperidine rings is 1. The average molecular weight is 284 g/mol. The van der Waals surface area contributed by atoms with Crippen LogP contribution in [0.25, 0.3) is 11.4 Å². The molecule has 1 aliphatic rings. The fraction of sp³-hybridized carbons (Fsp3) is 0.462. The molecule has 0 radical (unpaired) electrons. The van der Waals surface area contributed by atoms with E-state index in [9.17, 15) is 13.2 Å². The Balaban J connectivity index is 1.81. The first-order chi connectivity index (χ1) is 9.54. The van der Waals surface area contributed by atoms with Crippen molar-refractivity contribution in [3.8, 4) is 11.4 Å². The van der Waals surface area contributed by atoms with Gasteiger partial charge < -0.3 is 10.3 Å². The largest absolute Gasteiger partial charge is 0.417 e. The van der Waals surface area contributed by atoms with Crippen molar-refractivity contribution in [1.82, 2.24) is 20.5 Å². The van der Waals surface area contributed by atoms with Crippen molar-refractivity contribution in [2.75, 3.05) is 13.1 Å². The molecule has 1 aliphatic heterocycles. The van der Waals surface area contributed by atoms with E-state index in [-0.39, 0.29) is 0 Å². The minimum absolute atomic E-state index is 0.349. The van der Waals surface area contributed by atoms with Gasteiger partial charge >= 0.3 is 6.18 Å². The normalized spacial score (nSPS) is 20.2. The third-order valence-corrected chi connectivity index (χ3v) is 3.62. The molecule has 0 spiro atoms. The minimum atomic E-state index is -4.33. The fourth-order valence-electron chi connectivity index (χ4n) is 2.51. The molecule has 0 amide bonds. The number of H-pyrrole nitrogens is 2. The molecule has 0 bridgehead atoms. The number of rotatable bonds is 2. The van der Waals surface area contributed by atoms with Gasteiger partial charge in [-0.3, -0.25) is 5.10 Å². The van der Waals surface area contributed by atoms with E-state index in [0.29, 0.717) is 17.3 Å². The molecule has 108 valence electrons. The van der Waals surface area contributed by atoms with Crippen molar-refractivity contribution >= 4 is 0 Å². The first-order valence-electron chi connectivity index (χ1n) is 6.56. The van der Waals surface area contributed by atoms with Crippen LogP contribution in [0.15, 0.2) is 18.3 Å². The number of nitrogens with zero attached hydrogens (tertiary/aromatic N) is 1. The van der Waals surface area contributed by atoms with Crippen LogP contribution < -0.4 is 5.32 Å². The summed E-state index contributed by atoms with van der Waals surface area (Å²) in [7, 11) is 0. The quantitative estimate of drug-likeness (QED) is 0.794. The Kier molecular flexibility index (Phi) is 3.29. The molecular formula is C13H15F3N4. The maximum atomic E-state index is 12.6. The topological polar surface area (TPSA) is 56.5 Å². The van der Waals surface area contributed by atoms with Gasteiger partial charge in [-0.15, -0.1) is 0 Å². The van der Waals surface area contributed by atoms with Crippen LogP contribution >= 0.6 is 0 Å². The summed E-state index contributed by atoms with van der Waals surface area (Å²) in [6.45, 7) is 1.89. The van der Waals surface area contributed by atoms with E-state index in [1.807, 2.05) is 6.07 Å². The van der Waals surface area contributed by atoms with Gasteiger partial charge in [-0.05, 0) is 31.5 Å². The first-order valence-corrected chi connectivity index (χ1v) is 6.56. The van der Waals surface area contributed by atoms with E-state index in [2.05, 4.69) is 20.5 Å². The second-order valence-electron chi connectivity index (χ2n) is 5.05. The highest BCUT2D eigenvalue weighted by molar-refractivity contribution is 5.56. The monoisotopic (exact) mass is 284 g/mol. The van der Waals surface area contributed by atoms with Gasteiger partial charge in [-0.1, -0.05) is 0 Å². The molecule has 1 atom stereocenters. The van der Waals surface area contributed by atoms with Crippen LogP contribution in [0.2, 0.25) is 0 Å². The number of alkyl halides is 3. The maximum Gasteiger partial charge on any atom is 0.417 e. The average Bonchev–Trinajstić information content (AvgIpc) is 3.08. The van der Waals surface area contributed by atoms with Crippen molar-refractivity contribution in [2.45, 2.75) is 24.9 Å². The lowest BCUT2D eigenvalue weighted by Gasteiger charge is -2.21. The second kappa shape index (κ2) is 4.97. The zero-order valence-electron chi connectivity index (χ0n) is 10.7. The van der Waals surface area contributed by atoms with Gasteiger partial charge in [0.1, 0.15) is 5.69 Å². The molecular weight excluding hydrogens is 269 g/mol. The highest BCUT2D eigenvalue weighted by atomic mass is 19.4. The Hall–Kier alpha value is -1.76. The van der Waals surface area contributed by atoms with E-state index in [4.69, 9.17) is 0 Å². The number of aromatic amines is 2. The highest BCUT2D eigenvalue weighted by Gasteiger charge is 2.32. The molecule has 2 aromatic heterocycles. The summed E-state index contributed by atoms with van der Waals surface area (Å²) in [6.07, 6.45) is -1.21. The van der Waals surface area contributed by atoms with Crippen molar-refractivity contribution in [3.63, 3.8) is 0 Å². The summed E-state index contributed by atoms with van der Waals surface area (Å²) in [6, 6.07) is 2.91. The third kappa shape index (κ3) is 2.58. The second-order valence-corrected chi connectivity index (χ2v) is 5.05. The predicted octanol–water partition coefficient (Wildman–Crippen LogP) is 2.89. The number of halogens is 3. The molecule has 0 aliphatic carbocycles.